The lowest BCUT2D eigenvalue weighted by atomic mass is 9.99. The Morgan fingerprint density at radius 3 is 2.36 bits per heavy atom. The first-order valence-corrected chi connectivity index (χ1v) is 8.09. The van der Waals surface area contributed by atoms with Crippen LogP contribution in [0.5, 0.6) is 11.5 Å². The number of rotatable bonds is 5. The second-order valence-electron chi connectivity index (χ2n) is 5.73. The van der Waals surface area contributed by atoms with Gasteiger partial charge in [-0.3, -0.25) is 4.79 Å². The molecule has 0 aliphatic carbocycles. The molecule has 2 aromatic carbocycles. The van der Waals surface area contributed by atoms with E-state index in [1.807, 2.05) is 31.2 Å². The van der Waals surface area contributed by atoms with Crippen molar-refractivity contribution in [3.8, 4) is 11.5 Å². The highest BCUT2D eigenvalue weighted by Crippen LogP contribution is 2.35. The molecule has 1 unspecified atom stereocenters. The summed E-state index contributed by atoms with van der Waals surface area (Å²) in [6, 6.07) is 9.13. The van der Waals surface area contributed by atoms with Crippen LogP contribution in [0.1, 0.15) is 18.6 Å². The quantitative estimate of drug-likeness (QED) is 0.572. The standard InChI is InChI=1S/C20H21NO4/c1-5-16(22)13-9-7-8-12-14-10-17(24-3)18(25-4)11-15(14)20(23)21(6-2)19(12)13/h5,7-11,16,22H,1,6H2,2-4H3. The molecule has 0 amide bonds. The van der Waals surface area contributed by atoms with Gasteiger partial charge >= 0.3 is 0 Å². The number of aryl methyl sites for hydroxylation is 1. The van der Waals surface area contributed by atoms with E-state index in [2.05, 4.69) is 6.58 Å². The van der Waals surface area contributed by atoms with Gasteiger partial charge < -0.3 is 19.1 Å². The van der Waals surface area contributed by atoms with Crippen LogP contribution in [0.3, 0.4) is 0 Å². The molecule has 0 spiro atoms. The number of hydrogen-bond donors (Lipinski definition) is 1. The summed E-state index contributed by atoms with van der Waals surface area (Å²) in [5, 5.41) is 12.5. The van der Waals surface area contributed by atoms with E-state index >= 15 is 0 Å². The van der Waals surface area contributed by atoms with Crippen molar-refractivity contribution in [3.63, 3.8) is 0 Å². The van der Waals surface area contributed by atoms with E-state index in [-0.39, 0.29) is 5.56 Å². The van der Waals surface area contributed by atoms with E-state index in [4.69, 9.17) is 9.47 Å². The average Bonchev–Trinajstić information content (AvgIpc) is 2.66. The van der Waals surface area contributed by atoms with Crippen LogP contribution in [0, 0.1) is 0 Å². The normalized spacial score (nSPS) is 12.3. The Balaban J connectivity index is 2.58. The van der Waals surface area contributed by atoms with Crippen LogP contribution in [0.25, 0.3) is 21.7 Å². The van der Waals surface area contributed by atoms with Crippen molar-refractivity contribution < 1.29 is 14.6 Å². The topological polar surface area (TPSA) is 60.7 Å². The summed E-state index contributed by atoms with van der Waals surface area (Å²) in [5.74, 6) is 1.07. The molecule has 3 aromatic rings. The Labute approximate surface area is 145 Å². The number of para-hydroxylation sites is 1. The highest BCUT2D eigenvalue weighted by atomic mass is 16.5. The van der Waals surface area contributed by atoms with Gasteiger partial charge in [-0.2, -0.15) is 0 Å². The maximum absolute atomic E-state index is 13.1. The van der Waals surface area contributed by atoms with Gasteiger partial charge in [0.2, 0.25) is 0 Å². The van der Waals surface area contributed by atoms with Crippen LogP contribution >= 0.6 is 0 Å². The zero-order chi connectivity index (χ0) is 18.1. The van der Waals surface area contributed by atoms with E-state index < -0.39 is 6.10 Å². The van der Waals surface area contributed by atoms with Crippen LogP contribution in [-0.4, -0.2) is 23.9 Å². The second-order valence-corrected chi connectivity index (χ2v) is 5.73. The minimum absolute atomic E-state index is 0.130. The van der Waals surface area contributed by atoms with Gasteiger partial charge in [0.05, 0.1) is 31.2 Å². The zero-order valence-corrected chi connectivity index (χ0v) is 14.6. The van der Waals surface area contributed by atoms with E-state index in [1.165, 1.54) is 6.08 Å². The minimum atomic E-state index is -0.849. The number of aliphatic hydroxyl groups is 1. The molecular formula is C20H21NO4. The number of ether oxygens (including phenoxy) is 2. The Bertz CT molecular complexity index is 1020. The van der Waals surface area contributed by atoms with Crippen molar-refractivity contribution >= 4 is 21.7 Å². The third kappa shape index (κ3) is 2.57. The van der Waals surface area contributed by atoms with Crippen molar-refractivity contribution in [2.24, 2.45) is 0 Å². The van der Waals surface area contributed by atoms with Gasteiger partial charge in [-0.05, 0) is 19.1 Å². The fourth-order valence-electron chi connectivity index (χ4n) is 3.27. The fraction of sp³-hybridized carbons (Fsp3) is 0.250. The van der Waals surface area contributed by atoms with Gasteiger partial charge in [0, 0.05) is 22.9 Å². The molecule has 0 saturated heterocycles. The first kappa shape index (κ1) is 17.0. The molecule has 130 valence electrons. The van der Waals surface area contributed by atoms with Gasteiger partial charge in [-0.15, -0.1) is 6.58 Å². The number of fused-ring (bicyclic) bond motifs is 3. The molecule has 5 heteroatoms. The van der Waals surface area contributed by atoms with Crippen LogP contribution in [0.2, 0.25) is 0 Å². The number of pyridine rings is 1. The number of benzene rings is 2. The molecule has 1 heterocycles. The molecule has 25 heavy (non-hydrogen) atoms. The molecule has 1 aromatic heterocycles. The van der Waals surface area contributed by atoms with Gasteiger partial charge in [-0.25, -0.2) is 0 Å². The highest BCUT2D eigenvalue weighted by Gasteiger charge is 2.18. The molecule has 1 N–H and O–H groups in total. The number of methoxy groups -OCH3 is 2. The van der Waals surface area contributed by atoms with E-state index in [9.17, 15) is 9.90 Å². The Morgan fingerprint density at radius 2 is 1.80 bits per heavy atom. The first-order chi connectivity index (χ1) is 12.1. The monoisotopic (exact) mass is 339 g/mol. The third-order valence-corrected chi connectivity index (χ3v) is 4.48. The Morgan fingerprint density at radius 1 is 1.16 bits per heavy atom. The predicted molar refractivity (Wildman–Crippen MR) is 99.6 cm³/mol. The second kappa shape index (κ2) is 6.61. The summed E-state index contributed by atoms with van der Waals surface area (Å²) in [4.78, 5) is 13.1. The summed E-state index contributed by atoms with van der Waals surface area (Å²) in [5.41, 5.74) is 1.24. The SMILES string of the molecule is C=CC(O)c1cccc2c3cc(OC)c(OC)cc3c(=O)n(CC)c12. The first-order valence-electron chi connectivity index (χ1n) is 8.09. The summed E-state index contributed by atoms with van der Waals surface area (Å²) in [7, 11) is 3.10. The van der Waals surface area contributed by atoms with Crippen molar-refractivity contribution in [2.45, 2.75) is 19.6 Å². The summed E-state index contributed by atoms with van der Waals surface area (Å²) < 4.78 is 12.4. The zero-order valence-electron chi connectivity index (χ0n) is 14.6. The highest BCUT2D eigenvalue weighted by molar-refractivity contribution is 6.07. The smallest absolute Gasteiger partial charge is 0.259 e. The molecule has 0 aliphatic heterocycles. The maximum Gasteiger partial charge on any atom is 0.259 e. The fourth-order valence-corrected chi connectivity index (χ4v) is 3.27. The number of nitrogens with zero attached hydrogens (tertiary/aromatic N) is 1. The molecule has 3 rings (SSSR count). The summed E-state index contributed by atoms with van der Waals surface area (Å²) in [6.07, 6.45) is 0.608. The van der Waals surface area contributed by atoms with Crippen LogP contribution in [0.4, 0.5) is 0 Å². The molecule has 0 saturated carbocycles. The number of hydrogen-bond acceptors (Lipinski definition) is 4. The van der Waals surface area contributed by atoms with Gasteiger partial charge in [0.1, 0.15) is 0 Å². The molecule has 0 bridgehead atoms. The molecule has 0 radical (unpaired) electrons. The molecule has 0 aliphatic rings. The van der Waals surface area contributed by atoms with Crippen LogP contribution in [0.15, 0.2) is 47.8 Å². The van der Waals surface area contributed by atoms with E-state index in [0.29, 0.717) is 34.5 Å². The van der Waals surface area contributed by atoms with Crippen molar-refractivity contribution in [1.29, 1.82) is 0 Å². The molecule has 1 atom stereocenters. The Kier molecular flexibility index (Phi) is 4.51. The molecule has 0 fully saturated rings. The van der Waals surface area contributed by atoms with Crippen molar-refractivity contribution in [2.75, 3.05) is 14.2 Å². The minimum Gasteiger partial charge on any atom is -0.493 e. The Hall–Kier alpha value is -2.79. The van der Waals surface area contributed by atoms with E-state index in [0.717, 1.165) is 10.8 Å². The number of aromatic nitrogens is 1. The average molecular weight is 339 g/mol. The lowest BCUT2D eigenvalue weighted by Crippen LogP contribution is -2.21. The van der Waals surface area contributed by atoms with Gasteiger partial charge in [0.25, 0.3) is 5.56 Å². The maximum atomic E-state index is 13.1. The van der Waals surface area contributed by atoms with Crippen LogP contribution in [-0.2, 0) is 6.54 Å². The van der Waals surface area contributed by atoms with Gasteiger partial charge in [0.15, 0.2) is 11.5 Å². The van der Waals surface area contributed by atoms with Gasteiger partial charge in [-0.1, -0.05) is 24.3 Å². The summed E-state index contributed by atoms with van der Waals surface area (Å²) in [6.45, 7) is 6.05. The van der Waals surface area contributed by atoms with Crippen LogP contribution < -0.4 is 15.0 Å². The van der Waals surface area contributed by atoms with E-state index in [1.54, 1.807) is 24.9 Å². The third-order valence-electron chi connectivity index (χ3n) is 4.48. The predicted octanol–water partition coefficient (Wildman–Crippen LogP) is 3.41. The number of aliphatic hydroxyl groups excluding tert-OH is 1. The molecular weight excluding hydrogens is 318 g/mol. The lowest BCUT2D eigenvalue weighted by molar-refractivity contribution is 0.230. The largest absolute Gasteiger partial charge is 0.493 e. The molecule has 5 nitrogen and oxygen atoms in total. The van der Waals surface area contributed by atoms with Crippen molar-refractivity contribution in [3.05, 3.63) is 58.9 Å². The van der Waals surface area contributed by atoms with Crippen molar-refractivity contribution in [1.82, 2.24) is 4.57 Å². The lowest BCUT2D eigenvalue weighted by Gasteiger charge is -2.18. The summed E-state index contributed by atoms with van der Waals surface area (Å²) >= 11 is 0.